The van der Waals surface area contributed by atoms with Crippen LogP contribution in [0.25, 0.3) is 0 Å². The molecule has 2 atom stereocenters. The van der Waals surface area contributed by atoms with E-state index in [-0.39, 0.29) is 0 Å². The van der Waals surface area contributed by atoms with Crippen molar-refractivity contribution in [2.45, 2.75) is 30.6 Å². The van der Waals surface area contributed by atoms with Crippen LogP contribution in [-0.2, 0) is 6.42 Å². The first-order valence-corrected chi connectivity index (χ1v) is 7.74. The van der Waals surface area contributed by atoms with Gasteiger partial charge in [0.2, 0.25) is 0 Å². The van der Waals surface area contributed by atoms with Crippen molar-refractivity contribution in [3.63, 3.8) is 0 Å². The molecule has 0 spiro atoms. The molecule has 1 nitrogen and oxygen atoms in total. The summed E-state index contributed by atoms with van der Waals surface area (Å²) < 4.78 is 0. The van der Waals surface area contributed by atoms with Crippen molar-refractivity contribution in [3.8, 4) is 0 Å². The van der Waals surface area contributed by atoms with Crippen LogP contribution in [0.15, 0.2) is 18.2 Å². The highest BCUT2D eigenvalue weighted by atomic mass is 35.5. The summed E-state index contributed by atoms with van der Waals surface area (Å²) in [6, 6.07) is 6.18. The number of thioether (sulfide) groups is 1. The number of rotatable bonds is 4. The molecule has 1 aromatic rings. The number of benzene rings is 1. The molecule has 4 heteroatoms. The highest BCUT2D eigenvalue weighted by Gasteiger charge is 2.25. The Hall–Kier alpha value is 0.110. The highest BCUT2D eigenvalue weighted by molar-refractivity contribution is 8.00. The fourth-order valence-electron chi connectivity index (χ4n) is 2.29. The van der Waals surface area contributed by atoms with E-state index in [1.54, 1.807) is 0 Å². The van der Waals surface area contributed by atoms with E-state index in [4.69, 9.17) is 23.2 Å². The molecule has 2 unspecified atom stereocenters. The largest absolute Gasteiger partial charge is 0.316 e. The van der Waals surface area contributed by atoms with Crippen molar-refractivity contribution >= 4 is 35.0 Å². The Bertz CT molecular complexity index is 357. The highest BCUT2D eigenvalue weighted by Crippen LogP contribution is 2.32. The molecule has 1 heterocycles. The van der Waals surface area contributed by atoms with E-state index in [1.807, 2.05) is 25.2 Å². The lowest BCUT2D eigenvalue weighted by molar-refractivity contribution is 0.524. The van der Waals surface area contributed by atoms with Gasteiger partial charge in [0.25, 0.3) is 0 Å². The SMILES string of the molecule is CNC(Cc1c(Cl)cccc1Cl)C1CCCS1. The number of nitrogens with one attached hydrogen (secondary N) is 1. The second kappa shape index (κ2) is 6.33. The van der Waals surface area contributed by atoms with Crippen LogP contribution >= 0.6 is 35.0 Å². The van der Waals surface area contributed by atoms with Gasteiger partial charge in [-0.25, -0.2) is 0 Å². The van der Waals surface area contributed by atoms with Gasteiger partial charge < -0.3 is 5.32 Å². The second-order valence-corrected chi connectivity index (χ2v) is 6.51. The van der Waals surface area contributed by atoms with Gasteiger partial charge in [-0.1, -0.05) is 29.3 Å². The molecule has 0 aliphatic carbocycles. The molecule has 1 saturated heterocycles. The summed E-state index contributed by atoms with van der Waals surface area (Å²) in [5, 5.41) is 5.65. The lowest BCUT2D eigenvalue weighted by Gasteiger charge is -2.23. The van der Waals surface area contributed by atoms with Gasteiger partial charge in [-0.2, -0.15) is 11.8 Å². The Balaban J connectivity index is 2.12. The zero-order valence-electron chi connectivity index (χ0n) is 9.88. The fourth-order valence-corrected chi connectivity index (χ4v) is 4.27. The third-order valence-corrected chi connectivity index (χ3v) is 5.50. The first-order valence-electron chi connectivity index (χ1n) is 5.94. The van der Waals surface area contributed by atoms with Crippen LogP contribution in [0.3, 0.4) is 0 Å². The Morgan fingerprint density at radius 3 is 2.65 bits per heavy atom. The molecule has 1 fully saturated rings. The summed E-state index contributed by atoms with van der Waals surface area (Å²) in [6.45, 7) is 0. The molecule has 0 amide bonds. The molecule has 1 N–H and O–H groups in total. The molecule has 0 radical (unpaired) electrons. The summed E-state index contributed by atoms with van der Waals surface area (Å²) in [6.07, 6.45) is 3.52. The molecule has 17 heavy (non-hydrogen) atoms. The number of hydrogen-bond acceptors (Lipinski definition) is 2. The number of hydrogen-bond donors (Lipinski definition) is 1. The molecular weight excluding hydrogens is 273 g/mol. The van der Waals surface area contributed by atoms with Gasteiger partial charge in [0.05, 0.1) is 0 Å². The van der Waals surface area contributed by atoms with E-state index in [1.165, 1.54) is 18.6 Å². The van der Waals surface area contributed by atoms with Crippen molar-refractivity contribution in [1.29, 1.82) is 0 Å². The Kier molecular flexibility index (Phi) is 5.04. The summed E-state index contributed by atoms with van der Waals surface area (Å²) in [7, 11) is 2.02. The Morgan fingerprint density at radius 1 is 1.41 bits per heavy atom. The Morgan fingerprint density at radius 2 is 2.12 bits per heavy atom. The lowest BCUT2D eigenvalue weighted by atomic mass is 10.0. The third kappa shape index (κ3) is 3.31. The maximum absolute atomic E-state index is 6.22. The number of likely N-dealkylation sites (N-methyl/N-ethyl adjacent to an activating group) is 1. The predicted molar refractivity (Wildman–Crippen MR) is 78.5 cm³/mol. The van der Waals surface area contributed by atoms with Crippen LogP contribution < -0.4 is 5.32 Å². The second-order valence-electron chi connectivity index (χ2n) is 4.35. The van der Waals surface area contributed by atoms with E-state index < -0.39 is 0 Å². The third-order valence-electron chi connectivity index (χ3n) is 3.27. The summed E-state index contributed by atoms with van der Waals surface area (Å²) in [5.41, 5.74) is 1.07. The van der Waals surface area contributed by atoms with Crippen molar-refractivity contribution in [3.05, 3.63) is 33.8 Å². The van der Waals surface area contributed by atoms with E-state index >= 15 is 0 Å². The first kappa shape index (κ1) is 13.5. The molecule has 0 bridgehead atoms. The minimum atomic E-state index is 0.458. The summed E-state index contributed by atoms with van der Waals surface area (Å²) >= 11 is 14.5. The first-order chi connectivity index (χ1) is 8.22. The average Bonchev–Trinajstić information content (AvgIpc) is 2.82. The zero-order chi connectivity index (χ0) is 12.3. The molecule has 1 aromatic carbocycles. The molecule has 94 valence electrons. The van der Waals surface area contributed by atoms with E-state index in [2.05, 4.69) is 17.1 Å². The van der Waals surface area contributed by atoms with E-state index in [9.17, 15) is 0 Å². The lowest BCUT2D eigenvalue weighted by Crippen LogP contribution is -2.36. The van der Waals surface area contributed by atoms with Gasteiger partial charge in [0, 0.05) is 21.3 Å². The molecular formula is C13H17Cl2NS. The van der Waals surface area contributed by atoms with Crippen LogP contribution in [-0.4, -0.2) is 24.1 Å². The van der Waals surface area contributed by atoms with Crippen LogP contribution in [0.4, 0.5) is 0 Å². The van der Waals surface area contributed by atoms with Crippen LogP contribution in [0.1, 0.15) is 18.4 Å². The summed E-state index contributed by atoms with van der Waals surface area (Å²) in [4.78, 5) is 0. The zero-order valence-corrected chi connectivity index (χ0v) is 12.2. The van der Waals surface area contributed by atoms with Crippen molar-refractivity contribution in [1.82, 2.24) is 5.32 Å². The maximum Gasteiger partial charge on any atom is 0.0453 e. The van der Waals surface area contributed by atoms with Crippen molar-refractivity contribution < 1.29 is 0 Å². The monoisotopic (exact) mass is 289 g/mol. The quantitative estimate of drug-likeness (QED) is 0.899. The minimum Gasteiger partial charge on any atom is -0.316 e. The topological polar surface area (TPSA) is 12.0 Å². The fraction of sp³-hybridized carbons (Fsp3) is 0.538. The Labute approximate surface area is 117 Å². The van der Waals surface area contributed by atoms with Crippen LogP contribution in [0.2, 0.25) is 10.0 Å². The number of halogens is 2. The molecule has 1 aliphatic heterocycles. The normalized spacial score (nSPS) is 21.7. The minimum absolute atomic E-state index is 0.458. The van der Waals surface area contributed by atoms with Gasteiger partial charge >= 0.3 is 0 Å². The van der Waals surface area contributed by atoms with Gasteiger partial charge in [-0.15, -0.1) is 0 Å². The molecule has 2 rings (SSSR count). The van der Waals surface area contributed by atoms with E-state index in [0.29, 0.717) is 11.3 Å². The average molecular weight is 290 g/mol. The smallest absolute Gasteiger partial charge is 0.0453 e. The van der Waals surface area contributed by atoms with Gasteiger partial charge in [-0.3, -0.25) is 0 Å². The standard InChI is InChI=1S/C13H17Cl2NS/c1-16-12(13-6-3-7-17-13)8-9-10(14)4-2-5-11(9)15/h2,4-5,12-13,16H,3,6-8H2,1H3. The van der Waals surface area contributed by atoms with Crippen molar-refractivity contribution in [2.24, 2.45) is 0 Å². The maximum atomic E-state index is 6.22. The van der Waals surface area contributed by atoms with Crippen LogP contribution in [0.5, 0.6) is 0 Å². The van der Waals surface area contributed by atoms with Crippen molar-refractivity contribution in [2.75, 3.05) is 12.8 Å². The van der Waals surface area contributed by atoms with Gasteiger partial charge in [0.15, 0.2) is 0 Å². The molecule has 0 saturated carbocycles. The van der Waals surface area contributed by atoms with E-state index in [0.717, 1.165) is 22.0 Å². The van der Waals surface area contributed by atoms with Gasteiger partial charge in [-0.05, 0) is 49.8 Å². The molecule has 1 aliphatic rings. The molecule has 0 aromatic heterocycles. The predicted octanol–water partition coefficient (Wildman–Crippen LogP) is 4.02. The summed E-state index contributed by atoms with van der Waals surface area (Å²) in [5.74, 6) is 1.28. The van der Waals surface area contributed by atoms with Gasteiger partial charge in [0.1, 0.15) is 0 Å². The van der Waals surface area contributed by atoms with Crippen LogP contribution in [0, 0.1) is 0 Å².